The van der Waals surface area contributed by atoms with Crippen LogP contribution in [0, 0.1) is 10.1 Å². The highest BCUT2D eigenvalue weighted by Gasteiger charge is 2.15. The Kier molecular flexibility index (Phi) is 8.95. The second-order valence-corrected chi connectivity index (χ2v) is 7.90. The molecule has 0 heterocycles. The first-order valence-corrected chi connectivity index (χ1v) is 11.0. The van der Waals surface area contributed by atoms with E-state index >= 15 is 0 Å². The molecule has 0 aromatic heterocycles. The maximum atomic E-state index is 12.4. The summed E-state index contributed by atoms with van der Waals surface area (Å²) in [7, 11) is 2.89. The lowest BCUT2D eigenvalue weighted by Gasteiger charge is -2.10. The van der Waals surface area contributed by atoms with Crippen molar-refractivity contribution >= 4 is 39.7 Å². The van der Waals surface area contributed by atoms with Gasteiger partial charge in [0.25, 0.3) is 11.6 Å². The number of ether oxygens (including phenoxy) is 4. The van der Waals surface area contributed by atoms with E-state index in [0.717, 1.165) is 4.47 Å². The number of rotatable bonds is 10. The van der Waals surface area contributed by atoms with E-state index in [2.05, 4.69) is 26.5 Å². The predicted molar refractivity (Wildman–Crippen MR) is 133 cm³/mol. The normalized spacial score (nSPS) is 10.5. The number of nitro groups is 1. The summed E-state index contributed by atoms with van der Waals surface area (Å²) < 4.78 is 22.1. The predicted octanol–water partition coefficient (Wildman–Crippen LogP) is 4.12. The Balaban J connectivity index is 1.57. The molecular formula is C24H20BrN3O8. The van der Waals surface area contributed by atoms with Gasteiger partial charge in [0.1, 0.15) is 0 Å². The molecule has 3 rings (SSSR count). The van der Waals surface area contributed by atoms with Gasteiger partial charge in [0.2, 0.25) is 0 Å². The van der Waals surface area contributed by atoms with Crippen molar-refractivity contribution in [2.24, 2.45) is 5.10 Å². The van der Waals surface area contributed by atoms with Crippen molar-refractivity contribution < 1.29 is 33.5 Å². The fourth-order valence-corrected chi connectivity index (χ4v) is 3.18. The second kappa shape index (κ2) is 12.3. The maximum Gasteiger partial charge on any atom is 0.343 e. The molecule has 0 atom stereocenters. The molecule has 0 saturated heterocycles. The fraction of sp³-hybridized carbons (Fsp3) is 0.125. The Morgan fingerprint density at radius 3 is 2.31 bits per heavy atom. The highest BCUT2D eigenvalue weighted by atomic mass is 79.9. The number of non-ortho nitro benzene ring substituents is 1. The SMILES string of the molecule is COc1cc(Br)ccc1OCC(=O)N/N=C\c1ccc(OC(=O)c2ccc([N+](=O)[O-])cc2)c(OC)c1. The van der Waals surface area contributed by atoms with Gasteiger partial charge in [-0.3, -0.25) is 14.9 Å². The molecule has 11 nitrogen and oxygen atoms in total. The van der Waals surface area contributed by atoms with Crippen molar-refractivity contribution in [2.75, 3.05) is 20.8 Å². The summed E-state index contributed by atoms with van der Waals surface area (Å²) in [5.41, 5.74) is 2.90. The molecule has 0 saturated carbocycles. The Hall–Kier alpha value is -4.45. The first-order chi connectivity index (χ1) is 17.3. The molecule has 0 spiro atoms. The van der Waals surface area contributed by atoms with Gasteiger partial charge in [-0.25, -0.2) is 10.2 Å². The van der Waals surface area contributed by atoms with Crippen LogP contribution in [0.1, 0.15) is 15.9 Å². The Labute approximate surface area is 213 Å². The van der Waals surface area contributed by atoms with Crippen LogP contribution in [-0.2, 0) is 4.79 Å². The zero-order valence-electron chi connectivity index (χ0n) is 19.1. The van der Waals surface area contributed by atoms with E-state index < -0.39 is 16.8 Å². The van der Waals surface area contributed by atoms with Gasteiger partial charge < -0.3 is 18.9 Å². The van der Waals surface area contributed by atoms with E-state index in [-0.39, 0.29) is 29.4 Å². The summed E-state index contributed by atoms with van der Waals surface area (Å²) in [5, 5.41) is 14.6. The van der Waals surface area contributed by atoms with Gasteiger partial charge in [0, 0.05) is 16.6 Å². The Bertz CT molecular complexity index is 1300. The van der Waals surface area contributed by atoms with E-state index in [1.165, 1.54) is 50.8 Å². The third-order valence-corrected chi connectivity index (χ3v) is 5.08. The number of hydrazone groups is 1. The van der Waals surface area contributed by atoms with Crippen molar-refractivity contribution in [2.45, 2.75) is 0 Å². The molecule has 12 heteroatoms. The number of carbonyl (C=O) groups is 2. The van der Waals surface area contributed by atoms with Crippen LogP contribution in [0.3, 0.4) is 0 Å². The molecule has 3 aromatic carbocycles. The number of nitro benzene ring substituents is 1. The molecule has 0 aliphatic carbocycles. The lowest BCUT2D eigenvalue weighted by Crippen LogP contribution is -2.24. The van der Waals surface area contributed by atoms with Gasteiger partial charge in [0.15, 0.2) is 29.6 Å². The monoisotopic (exact) mass is 557 g/mol. The zero-order chi connectivity index (χ0) is 26.1. The molecule has 0 unspecified atom stereocenters. The molecule has 1 amide bonds. The summed E-state index contributed by atoms with van der Waals surface area (Å²) >= 11 is 3.33. The largest absolute Gasteiger partial charge is 0.493 e. The van der Waals surface area contributed by atoms with E-state index in [4.69, 9.17) is 18.9 Å². The number of amides is 1. The minimum atomic E-state index is -0.709. The number of hydrogen-bond donors (Lipinski definition) is 1. The summed E-state index contributed by atoms with van der Waals surface area (Å²) in [6.07, 6.45) is 1.38. The molecule has 0 aliphatic rings. The molecule has 0 aliphatic heterocycles. The van der Waals surface area contributed by atoms with Gasteiger partial charge in [-0.1, -0.05) is 15.9 Å². The average molecular weight is 558 g/mol. The number of benzene rings is 3. The summed E-state index contributed by atoms with van der Waals surface area (Å²) in [5.74, 6) is 0.0618. The molecule has 0 radical (unpaired) electrons. The summed E-state index contributed by atoms with van der Waals surface area (Å²) in [4.78, 5) is 34.6. The Morgan fingerprint density at radius 2 is 1.64 bits per heavy atom. The van der Waals surface area contributed by atoms with Gasteiger partial charge in [-0.2, -0.15) is 5.10 Å². The number of esters is 1. The van der Waals surface area contributed by atoms with E-state index in [1.54, 1.807) is 30.3 Å². The summed E-state index contributed by atoms with van der Waals surface area (Å²) in [6, 6.07) is 14.8. The van der Waals surface area contributed by atoms with Crippen molar-refractivity contribution in [3.8, 4) is 23.0 Å². The lowest BCUT2D eigenvalue weighted by atomic mass is 10.2. The average Bonchev–Trinajstić information content (AvgIpc) is 2.88. The highest BCUT2D eigenvalue weighted by molar-refractivity contribution is 9.10. The topological polar surface area (TPSA) is 139 Å². The minimum Gasteiger partial charge on any atom is -0.493 e. The van der Waals surface area contributed by atoms with E-state index in [1.807, 2.05) is 0 Å². The smallest absolute Gasteiger partial charge is 0.343 e. The molecule has 0 bridgehead atoms. The number of carbonyl (C=O) groups excluding carboxylic acids is 2. The van der Waals surface area contributed by atoms with Crippen LogP contribution in [0.4, 0.5) is 5.69 Å². The van der Waals surface area contributed by atoms with Crippen LogP contribution in [-0.4, -0.2) is 43.8 Å². The summed E-state index contributed by atoms with van der Waals surface area (Å²) in [6.45, 7) is -0.282. The lowest BCUT2D eigenvalue weighted by molar-refractivity contribution is -0.384. The number of nitrogens with zero attached hydrogens (tertiary/aromatic N) is 2. The number of nitrogens with one attached hydrogen (secondary N) is 1. The number of halogens is 1. The molecule has 1 N–H and O–H groups in total. The third kappa shape index (κ3) is 7.03. The van der Waals surface area contributed by atoms with Crippen molar-refractivity contribution in [1.82, 2.24) is 5.43 Å². The number of hydrogen-bond acceptors (Lipinski definition) is 9. The number of methoxy groups -OCH3 is 2. The van der Waals surface area contributed by atoms with E-state index in [9.17, 15) is 19.7 Å². The molecule has 186 valence electrons. The fourth-order valence-electron chi connectivity index (χ4n) is 2.84. The highest BCUT2D eigenvalue weighted by Crippen LogP contribution is 2.30. The van der Waals surface area contributed by atoms with Crippen LogP contribution >= 0.6 is 15.9 Å². The van der Waals surface area contributed by atoms with Crippen LogP contribution in [0.25, 0.3) is 0 Å². The zero-order valence-corrected chi connectivity index (χ0v) is 20.7. The maximum absolute atomic E-state index is 12.4. The van der Waals surface area contributed by atoms with Crippen molar-refractivity contribution in [3.63, 3.8) is 0 Å². The first-order valence-electron chi connectivity index (χ1n) is 10.2. The van der Waals surface area contributed by atoms with Crippen LogP contribution in [0.15, 0.2) is 70.2 Å². The molecule has 0 fully saturated rings. The van der Waals surface area contributed by atoms with Crippen LogP contribution in [0.5, 0.6) is 23.0 Å². The van der Waals surface area contributed by atoms with Gasteiger partial charge in [0.05, 0.1) is 30.9 Å². The molecule has 36 heavy (non-hydrogen) atoms. The quantitative estimate of drug-likeness (QED) is 0.129. The van der Waals surface area contributed by atoms with Gasteiger partial charge in [-0.15, -0.1) is 0 Å². The second-order valence-electron chi connectivity index (χ2n) is 6.98. The van der Waals surface area contributed by atoms with Gasteiger partial charge in [-0.05, 0) is 54.1 Å². The van der Waals surface area contributed by atoms with Crippen LogP contribution < -0.4 is 24.4 Å². The molecular weight excluding hydrogens is 538 g/mol. The Morgan fingerprint density at radius 1 is 0.972 bits per heavy atom. The van der Waals surface area contributed by atoms with Crippen molar-refractivity contribution in [3.05, 3.63) is 86.4 Å². The van der Waals surface area contributed by atoms with E-state index in [0.29, 0.717) is 17.1 Å². The first kappa shape index (κ1) is 26.2. The minimum absolute atomic E-state index is 0.138. The third-order valence-electron chi connectivity index (χ3n) is 4.59. The molecule has 3 aromatic rings. The van der Waals surface area contributed by atoms with Crippen LogP contribution in [0.2, 0.25) is 0 Å². The van der Waals surface area contributed by atoms with Gasteiger partial charge >= 0.3 is 5.97 Å². The van der Waals surface area contributed by atoms with Crippen molar-refractivity contribution in [1.29, 1.82) is 0 Å². The standard InChI is InChI=1S/C24H20BrN3O8/c1-33-21-11-15(3-9-20(21)36-24(30)16-4-7-18(8-5-16)28(31)32)13-26-27-23(29)14-35-19-10-6-17(25)12-22(19)34-2/h3-13H,14H2,1-2H3,(H,27,29)/b26-13-.